The number of ketones is 1. The van der Waals surface area contributed by atoms with E-state index in [4.69, 9.17) is 0 Å². The predicted molar refractivity (Wildman–Crippen MR) is 166 cm³/mol. The molecule has 0 saturated carbocycles. The molecule has 6 rings (SSSR count). The largest absolute Gasteiger partial charge is 0.512 e. The predicted octanol–water partition coefficient (Wildman–Crippen LogP) is 9.30. The minimum absolute atomic E-state index is 0. The van der Waals surface area contributed by atoms with E-state index in [1.165, 1.54) is 12.3 Å². The molecule has 0 amide bonds. The van der Waals surface area contributed by atoms with Crippen LogP contribution in [0.2, 0.25) is 0 Å². The molecule has 0 bridgehead atoms. The van der Waals surface area contributed by atoms with Crippen LogP contribution in [0.5, 0.6) is 0 Å². The number of hydrogen-bond acceptors (Lipinski definition) is 5. The number of para-hydroxylation sites is 1. The second kappa shape index (κ2) is 14.0. The van der Waals surface area contributed by atoms with Crippen molar-refractivity contribution in [1.29, 1.82) is 0 Å². The van der Waals surface area contributed by atoms with Crippen LogP contribution in [-0.4, -0.2) is 30.4 Å². The number of rotatable bonds is 7. The van der Waals surface area contributed by atoms with Gasteiger partial charge in [0.1, 0.15) is 0 Å². The normalized spacial score (nSPS) is 12.3. The van der Waals surface area contributed by atoms with Gasteiger partial charge in [0.2, 0.25) is 5.82 Å². The Kier molecular flexibility index (Phi) is 10.6. The van der Waals surface area contributed by atoms with E-state index in [2.05, 4.69) is 21.0 Å². The molecule has 1 aliphatic heterocycles. The van der Waals surface area contributed by atoms with Crippen LogP contribution in [-0.2, 0) is 31.1 Å². The summed E-state index contributed by atoms with van der Waals surface area (Å²) in [5.41, 5.74) is 4.17. The molecule has 10 heteroatoms. The standard InChI is InChI=1S/C22H10F3N4.C13H24O2.Ir/c23-22(24,25)21-27-11-17-18(28-21)13-6-1-2-7-14(13)19-20-15(9-10-26-19)12-5-3-4-8-16(12)29(17)20;1-5-10(6-2)12(14)9-13(15)11(7-3)8-4;/h1-6,8-11H;9-11,14H,5-8H2,1-4H3;/q-1;;/b;12-9-;. The number of allylic oxidation sites excluding steroid dienone is 2. The number of halogens is 3. The number of nitrogens with zero attached hydrogens (tertiary/aromatic N) is 4. The monoisotopic (exact) mass is 792 g/mol. The maximum atomic E-state index is 13.4. The molecule has 5 aromatic rings. The zero-order valence-corrected chi connectivity index (χ0v) is 27.8. The quantitative estimate of drug-likeness (QED) is 0.0991. The molecule has 1 radical (unpaired) electrons. The number of hydrogen-bond donors (Lipinski definition) is 1. The van der Waals surface area contributed by atoms with Crippen LogP contribution in [0.15, 0.2) is 72.8 Å². The van der Waals surface area contributed by atoms with Gasteiger partial charge < -0.3 is 14.7 Å². The van der Waals surface area contributed by atoms with Crippen LogP contribution in [0.1, 0.15) is 59.2 Å². The van der Waals surface area contributed by atoms with Crippen molar-refractivity contribution in [2.45, 2.75) is 59.6 Å². The minimum Gasteiger partial charge on any atom is -0.512 e. The third-order valence-corrected chi connectivity index (χ3v) is 8.28. The van der Waals surface area contributed by atoms with Crippen LogP contribution in [0.3, 0.4) is 0 Å². The Balaban J connectivity index is 0.000000249. The van der Waals surface area contributed by atoms with Gasteiger partial charge in [0.05, 0.1) is 28.9 Å². The molecule has 0 atom stereocenters. The molecule has 0 spiro atoms. The SMILES string of the molecule is CCC(CC)C(=O)/C=C(\O)C(CC)CC.FC(F)(F)c1ncc2c(n1)-c1ccc[c-]c1-c1nccc3c4ccccc4n-2c13.[Ir]. The molecule has 237 valence electrons. The van der Waals surface area contributed by atoms with Gasteiger partial charge in [0.25, 0.3) is 0 Å². The summed E-state index contributed by atoms with van der Waals surface area (Å²) in [6.45, 7) is 8.07. The average Bonchev–Trinajstić information content (AvgIpc) is 3.30. The maximum Gasteiger partial charge on any atom is 0.451 e. The summed E-state index contributed by atoms with van der Waals surface area (Å²) in [5.74, 6) is -0.621. The summed E-state index contributed by atoms with van der Waals surface area (Å²) in [6.07, 6.45) is 3.22. The third-order valence-electron chi connectivity index (χ3n) is 8.28. The van der Waals surface area contributed by atoms with Crippen LogP contribution in [0.25, 0.3) is 50.0 Å². The first-order chi connectivity index (χ1) is 21.1. The second-order valence-corrected chi connectivity index (χ2v) is 10.8. The van der Waals surface area contributed by atoms with E-state index in [1.54, 1.807) is 24.4 Å². The van der Waals surface area contributed by atoms with Crippen LogP contribution < -0.4 is 0 Å². The smallest absolute Gasteiger partial charge is 0.451 e. The second-order valence-electron chi connectivity index (χ2n) is 10.8. The van der Waals surface area contributed by atoms with Crippen LogP contribution in [0, 0.1) is 17.9 Å². The molecule has 2 aromatic carbocycles. The fraction of sp³-hybridized carbons (Fsp3) is 0.314. The number of benzene rings is 2. The number of aliphatic hydroxyl groups excluding tert-OH is 1. The summed E-state index contributed by atoms with van der Waals surface area (Å²) in [6, 6.07) is 18.0. The molecule has 3 aromatic heterocycles. The summed E-state index contributed by atoms with van der Waals surface area (Å²) in [4.78, 5) is 23.9. The number of carbonyl (C=O) groups is 1. The Morgan fingerprint density at radius 1 is 0.933 bits per heavy atom. The molecular formula is C35H34F3IrN4O2-. The summed E-state index contributed by atoms with van der Waals surface area (Å²) in [5, 5.41) is 11.7. The van der Waals surface area contributed by atoms with Gasteiger partial charge in [-0.15, -0.1) is 29.8 Å². The van der Waals surface area contributed by atoms with Crippen LogP contribution in [0.4, 0.5) is 13.2 Å². The Morgan fingerprint density at radius 2 is 1.62 bits per heavy atom. The summed E-state index contributed by atoms with van der Waals surface area (Å²) in [7, 11) is 0. The Hall–Kier alpha value is -3.88. The van der Waals surface area contributed by atoms with Gasteiger partial charge in [0.15, 0.2) is 5.78 Å². The fourth-order valence-electron chi connectivity index (χ4n) is 5.83. The van der Waals surface area contributed by atoms with Crippen molar-refractivity contribution in [2.24, 2.45) is 11.8 Å². The number of fused-ring (bicyclic) bond motifs is 8. The molecule has 0 aliphatic carbocycles. The van der Waals surface area contributed by atoms with E-state index >= 15 is 0 Å². The van der Waals surface area contributed by atoms with E-state index in [9.17, 15) is 23.1 Å². The summed E-state index contributed by atoms with van der Waals surface area (Å²) >= 11 is 0. The molecule has 0 unspecified atom stereocenters. The fourth-order valence-corrected chi connectivity index (χ4v) is 5.83. The average molecular weight is 792 g/mol. The molecule has 1 N–H and O–H groups in total. The number of pyridine rings is 1. The van der Waals surface area contributed by atoms with Gasteiger partial charge in [0, 0.05) is 66.2 Å². The number of aliphatic hydroxyl groups is 1. The molecule has 6 nitrogen and oxygen atoms in total. The number of alkyl halides is 3. The zero-order valence-electron chi connectivity index (χ0n) is 25.4. The molecule has 1 aliphatic rings. The van der Waals surface area contributed by atoms with Crippen molar-refractivity contribution in [3.8, 4) is 28.2 Å². The van der Waals surface area contributed by atoms with Gasteiger partial charge in [-0.05, 0) is 37.8 Å². The molecule has 4 heterocycles. The van der Waals surface area contributed by atoms with Crippen molar-refractivity contribution in [3.05, 3.63) is 84.7 Å². The van der Waals surface area contributed by atoms with E-state index in [0.29, 0.717) is 22.5 Å². The van der Waals surface area contributed by atoms with E-state index in [-0.39, 0.29) is 49.2 Å². The van der Waals surface area contributed by atoms with Gasteiger partial charge in [-0.3, -0.25) is 4.79 Å². The van der Waals surface area contributed by atoms with Crippen molar-refractivity contribution >= 4 is 27.6 Å². The van der Waals surface area contributed by atoms with Crippen molar-refractivity contribution in [1.82, 2.24) is 19.5 Å². The zero-order chi connectivity index (χ0) is 31.6. The van der Waals surface area contributed by atoms with Gasteiger partial charge in [-0.1, -0.05) is 51.5 Å². The number of aromatic nitrogens is 4. The Bertz CT molecular complexity index is 1860. The molecule has 0 saturated heterocycles. The first-order valence-electron chi connectivity index (χ1n) is 14.9. The van der Waals surface area contributed by atoms with E-state index < -0.39 is 12.0 Å². The first kappa shape index (κ1) is 34.0. The minimum atomic E-state index is -4.64. The molecule has 0 fully saturated rings. The summed E-state index contributed by atoms with van der Waals surface area (Å²) < 4.78 is 42.0. The molecular weight excluding hydrogens is 758 g/mol. The topological polar surface area (TPSA) is 80.9 Å². The van der Waals surface area contributed by atoms with E-state index in [1.807, 2.05) is 62.6 Å². The third kappa shape index (κ3) is 6.44. The van der Waals surface area contributed by atoms with Crippen LogP contribution >= 0.6 is 0 Å². The Morgan fingerprint density at radius 3 is 2.29 bits per heavy atom. The van der Waals surface area contributed by atoms with Crippen molar-refractivity contribution < 1.29 is 43.2 Å². The first-order valence-corrected chi connectivity index (χ1v) is 14.9. The van der Waals surface area contributed by atoms with Gasteiger partial charge in [-0.2, -0.15) is 13.2 Å². The maximum absolute atomic E-state index is 13.4. The van der Waals surface area contributed by atoms with Gasteiger partial charge in [-0.25, -0.2) is 9.97 Å². The van der Waals surface area contributed by atoms with E-state index in [0.717, 1.165) is 47.5 Å². The molecule has 45 heavy (non-hydrogen) atoms. The van der Waals surface area contributed by atoms with Gasteiger partial charge >= 0.3 is 6.18 Å². The van der Waals surface area contributed by atoms with Crippen molar-refractivity contribution in [2.75, 3.05) is 0 Å². The number of carbonyl (C=O) groups excluding carboxylic acids is 1. The Labute approximate surface area is 273 Å². The van der Waals surface area contributed by atoms with Crippen molar-refractivity contribution in [3.63, 3.8) is 0 Å².